The molecule has 2 rings (SSSR count). The van der Waals surface area contributed by atoms with Gasteiger partial charge >= 0.3 is 5.57 Å². The molecule has 1 amide bonds. The maximum absolute atomic E-state index is 12.6. The first kappa shape index (κ1) is 22.6. The van der Waals surface area contributed by atoms with E-state index >= 15 is 0 Å². The van der Waals surface area contributed by atoms with E-state index in [1.54, 1.807) is 6.07 Å². The highest BCUT2D eigenvalue weighted by atomic mass is 127. The van der Waals surface area contributed by atoms with Crippen molar-refractivity contribution in [2.45, 2.75) is 18.9 Å². The number of hydrogen-bond donors (Lipinski definition) is 2. The number of aliphatic hydroxyl groups is 1. The van der Waals surface area contributed by atoms with Crippen LogP contribution in [0, 0.1) is 3.57 Å². The highest BCUT2D eigenvalue weighted by Gasteiger charge is 2.27. The predicted molar refractivity (Wildman–Crippen MR) is 112 cm³/mol. The summed E-state index contributed by atoms with van der Waals surface area (Å²) < 4.78 is 30.2. The van der Waals surface area contributed by atoms with Crippen molar-refractivity contribution < 1.29 is 23.4 Å². The van der Waals surface area contributed by atoms with Crippen LogP contribution < -0.4 is 15.0 Å². The number of carbonyl (C=O) groups excluding carboxylic acids is 1. The van der Waals surface area contributed by atoms with E-state index in [-0.39, 0.29) is 12.4 Å². The van der Waals surface area contributed by atoms with Crippen molar-refractivity contribution in [1.29, 1.82) is 0 Å². The molecule has 152 valence electrons. The number of anilines is 2. The Hall–Kier alpha value is -1.72. The third-order valence-corrected chi connectivity index (χ3v) is 4.46. The summed E-state index contributed by atoms with van der Waals surface area (Å²) in [7, 11) is 0. The summed E-state index contributed by atoms with van der Waals surface area (Å²) in [5.74, 6) is 0.188. The number of nitrogens with one attached hydrogen (secondary N) is 1. The summed E-state index contributed by atoms with van der Waals surface area (Å²) in [5, 5.41) is 11.9. The van der Waals surface area contributed by atoms with Gasteiger partial charge in [0.15, 0.2) is 0 Å². The van der Waals surface area contributed by atoms with Gasteiger partial charge in [0.25, 0.3) is 5.91 Å². The molecule has 28 heavy (non-hydrogen) atoms. The highest BCUT2D eigenvalue weighted by molar-refractivity contribution is 14.1. The topological polar surface area (TPSA) is 74.7 Å². The molecule has 2 aromatic rings. The largest absolute Gasteiger partial charge is 0.487 e. The lowest BCUT2D eigenvalue weighted by molar-refractivity contribution is -0.0964. The van der Waals surface area contributed by atoms with Gasteiger partial charge in [-0.3, -0.25) is 4.79 Å². The van der Waals surface area contributed by atoms with Crippen LogP contribution in [0.25, 0.3) is 0 Å². The van der Waals surface area contributed by atoms with Crippen LogP contribution in [0.5, 0.6) is 5.75 Å². The van der Waals surface area contributed by atoms with Crippen molar-refractivity contribution in [3.63, 3.8) is 0 Å². The second kappa shape index (κ2) is 10.2. The number of aromatic nitrogens is 1. The zero-order valence-corrected chi connectivity index (χ0v) is 17.9. The number of aliphatic hydroxyl groups excluding tert-OH is 1. The lowest BCUT2D eigenvalue weighted by Crippen LogP contribution is -2.29. The Labute approximate surface area is 180 Å². The normalized spacial score (nSPS) is 11.2. The Morgan fingerprint density at radius 3 is 2.57 bits per heavy atom. The van der Waals surface area contributed by atoms with Gasteiger partial charge in [-0.1, -0.05) is 6.92 Å². The number of carbonyl (C=O) groups is 1. The Bertz CT molecular complexity index is 798. The van der Waals surface area contributed by atoms with Gasteiger partial charge in [-0.25, -0.2) is 4.98 Å². The number of amides is 1. The Kier molecular flexibility index (Phi) is 8.20. The van der Waals surface area contributed by atoms with Crippen molar-refractivity contribution >= 4 is 51.6 Å². The van der Waals surface area contributed by atoms with Crippen molar-refractivity contribution in [1.82, 2.24) is 4.98 Å². The molecule has 0 aliphatic heterocycles. The standard InChI is InChI=1S/C18H19ClF2IN3O3/c1-2-7-25(8-9-26)16-15(22)10-12(11-23-16)17(27)24-13-3-5-14(6-4-13)28-18(19,20)21/h3-6,10-11,26H,2,7-9H2,1H3,(H,24,27). The number of benzene rings is 1. The molecule has 1 aromatic heterocycles. The Morgan fingerprint density at radius 2 is 2.04 bits per heavy atom. The molecular formula is C18H19ClF2IN3O3. The predicted octanol–water partition coefficient (Wildman–Crippen LogP) is 4.32. The van der Waals surface area contributed by atoms with E-state index in [1.807, 2.05) is 11.8 Å². The lowest BCUT2D eigenvalue weighted by atomic mass is 10.2. The molecule has 1 aromatic carbocycles. The van der Waals surface area contributed by atoms with Crippen LogP contribution >= 0.6 is 34.2 Å². The average Bonchev–Trinajstić information content (AvgIpc) is 2.62. The fourth-order valence-corrected chi connectivity index (χ4v) is 3.35. The first-order valence-corrected chi connectivity index (χ1v) is 9.87. The minimum Gasteiger partial charge on any atom is -0.420 e. The summed E-state index contributed by atoms with van der Waals surface area (Å²) in [6.07, 6.45) is 2.35. The van der Waals surface area contributed by atoms with Crippen molar-refractivity contribution in [2.75, 3.05) is 29.9 Å². The first-order valence-electron chi connectivity index (χ1n) is 8.42. The number of ether oxygens (including phenoxy) is 1. The number of rotatable bonds is 9. The highest BCUT2D eigenvalue weighted by Crippen LogP contribution is 2.26. The Morgan fingerprint density at radius 1 is 1.36 bits per heavy atom. The number of nitrogens with zero attached hydrogens (tertiary/aromatic N) is 2. The van der Waals surface area contributed by atoms with Crippen LogP contribution in [0.3, 0.4) is 0 Å². The number of hydrogen-bond acceptors (Lipinski definition) is 5. The molecule has 10 heteroatoms. The third kappa shape index (κ3) is 6.71. The number of halogens is 4. The molecule has 0 aliphatic rings. The van der Waals surface area contributed by atoms with Crippen LogP contribution in [0.4, 0.5) is 20.3 Å². The summed E-state index contributed by atoms with van der Waals surface area (Å²) in [4.78, 5) is 18.7. The molecule has 6 nitrogen and oxygen atoms in total. The van der Waals surface area contributed by atoms with Crippen molar-refractivity contribution in [2.24, 2.45) is 0 Å². The van der Waals surface area contributed by atoms with E-state index in [2.05, 4.69) is 37.6 Å². The van der Waals surface area contributed by atoms with Gasteiger partial charge in [0, 0.05) is 36.6 Å². The fraction of sp³-hybridized carbons (Fsp3) is 0.333. The molecule has 0 unspecified atom stereocenters. The number of pyridine rings is 1. The maximum atomic E-state index is 12.6. The van der Waals surface area contributed by atoms with Gasteiger partial charge in [-0.15, -0.1) is 8.78 Å². The van der Waals surface area contributed by atoms with E-state index < -0.39 is 11.5 Å². The summed E-state index contributed by atoms with van der Waals surface area (Å²) >= 11 is 6.81. The lowest BCUT2D eigenvalue weighted by Gasteiger charge is -2.23. The molecule has 0 bridgehead atoms. The van der Waals surface area contributed by atoms with Gasteiger partial charge in [0.2, 0.25) is 0 Å². The van der Waals surface area contributed by atoms with Crippen LogP contribution in [-0.2, 0) is 0 Å². The van der Waals surface area contributed by atoms with Gasteiger partial charge < -0.3 is 20.1 Å². The molecule has 0 saturated heterocycles. The molecule has 0 spiro atoms. The van der Waals surface area contributed by atoms with Crippen LogP contribution in [0.15, 0.2) is 36.5 Å². The fourth-order valence-electron chi connectivity index (χ4n) is 2.45. The second-order valence-electron chi connectivity index (χ2n) is 5.77. The molecule has 2 N–H and O–H groups in total. The Balaban J connectivity index is 2.09. The smallest absolute Gasteiger partial charge is 0.420 e. The minimum absolute atomic E-state index is 0.00928. The van der Waals surface area contributed by atoms with Gasteiger partial charge in [0.05, 0.1) is 15.7 Å². The van der Waals surface area contributed by atoms with Crippen LogP contribution in [-0.4, -0.2) is 41.3 Å². The molecule has 1 heterocycles. The van der Waals surface area contributed by atoms with Crippen LogP contribution in [0.1, 0.15) is 23.7 Å². The molecule has 0 atom stereocenters. The monoisotopic (exact) mass is 525 g/mol. The third-order valence-electron chi connectivity index (χ3n) is 3.59. The molecule has 0 aliphatic carbocycles. The molecule has 0 saturated carbocycles. The van der Waals surface area contributed by atoms with Gasteiger partial charge in [0.1, 0.15) is 11.6 Å². The SMILES string of the molecule is CCCN(CCO)c1ncc(C(=O)Nc2ccc(OC(F)(F)Cl)cc2)cc1I. The van der Waals surface area contributed by atoms with Gasteiger partial charge in [-0.2, -0.15) is 0 Å². The average molecular weight is 526 g/mol. The van der Waals surface area contributed by atoms with Crippen molar-refractivity contribution in [3.8, 4) is 5.75 Å². The zero-order chi connectivity index (χ0) is 20.7. The van der Waals surface area contributed by atoms with E-state index in [0.29, 0.717) is 23.6 Å². The molecule has 0 fully saturated rings. The summed E-state index contributed by atoms with van der Waals surface area (Å²) in [5.41, 5.74) is -3.04. The van der Waals surface area contributed by atoms with Crippen molar-refractivity contribution in [3.05, 3.63) is 45.7 Å². The number of alkyl halides is 3. The van der Waals surface area contributed by atoms with E-state index in [9.17, 15) is 18.7 Å². The summed E-state index contributed by atoms with van der Waals surface area (Å²) in [6.45, 7) is 3.24. The quantitative estimate of drug-likeness (QED) is 0.377. The van der Waals surface area contributed by atoms with E-state index in [1.165, 1.54) is 30.5 Å². The minimum atomic E-state index is -3.80. The molecular weight excluding hydrogens is 507 g/mol. The maximum Gasteiger partial charge on any atom is 0.487 e. The van der Waals surface area contributed by atoms with Gasteiger partial charge in [-0.05, 0) is 59.3 Å². The van der Waals surface area contributed by atoms with E-state index in [4.69, 9.17) is 11.6 Å². The van der Waals surface area contributed by atoms with Crippen LogP contribution in [0.2, 0.25) is 0 Å². The summed E-state index contributed by atoms with van der Waals surface area (Å²) in [6, 6.07) is 7.09. The first-order chi connectivity index (χ1) is 13.2. The van der Waals surface area contributed by atoms with E-state index in [0.717, 1.165) is 16.5 Å². The second-order valence-corrected chi connectivity index (χ2v) is 7.37. The molecule has 0 radical (unpaired) electrons. The zero-order valence-electron chi connectivity index (χ0n) is 15.0.